The van der Waals surface area contributed by atoms with Crippen molar-refractivity contribution >= 4 is 11.6 Å². The van der Waals surface area contributed by atoms with Crippen LogP contribution >= 0.6 is 0 Å². The van der Waals surface area contributed by atoms with Crippen molar-refractivity contribution in [2.75, 3.05) is 20.3 Å². The lowest BCUT2D eigenvalue weighted by Gasteiger charge is -2.36. The Balaban J connectivity index is 1.56. The van der Waals surface area contributed by atoms with E-state index in [4.69, 9.17) is 14.0 Å². The number of carbonyl (C=O) groups is 1. The van der Waals surface area contributed by atoms with E-state index in [1.165, 1.54) is 0 Å². The number of amides is 2. The van der Waals surface area contributed by atoms with Gasteiger partial charge < -0.3 is 19.3 Å². The lowest BCUT2D eigenvalue weighted by Crippen LogP contribution is -2.48. The van der Waals surface area contributed by atoms with Gasteiger partial charge in [-0.25, -0.2) is 4.79 Å². The van der Waals surface area contributed by atoms with Gasteiger partial charge in [0.15, 0.2) is 0 Å². The predicted molar refractivity (Wildman–Crippen MR) is 122 cm³/mol. The first-order chi connectivity index (χ1) is 16.1. The molecule has 3 heterocycles. The number of nitrogens with zero attached hydrogens (tertiary/aromatic N) is 3. The molecule has 0 spiro atoms. The third kappa shape index (κ3) is 4.21. The molecule has 33 heavy (non-hydrogen) atoms. The van der Waals surface area contributed by atoms with Crippen LogP contribution in [0.4, 0.5) is 4.79 Å². The van der Waals surface area contributed by atoms with Gasteiger partial charge in [-0.1, -0.05) is 47.6 Å². The summed E-state index contributed by atoms with van der Waals surface area (Å²) in [4.78, 5) is 19.5. The van der Waals surface area contributed by atoms with Crippen molar-refractivity contribution in [1.29, 1.82) is 0 Å². The van der Waals surface area contributed by atoms with E-state index in [0.717, 1.165) is 47.6 Å². The molecule has 0 radical (unpaired) electrons. The van der Waals surface area contributed by atoms with Crippen molar-refractivity contribution in [2.45, 2.75) is 31.9 Å². The first-order valence-electron chi connectivity index (χ1n) is 11.1. The first kappa shape index (κ1) is 21.2. The van der Waals surface area contributed by atoms with Crippen LogP contribution < -0.4 is 10.1 Å². The Morgan fingerprint density at radius 1 is 1.15 bits per heavy atom. The molecular formula is C25H26N4O4. The van der Waals surface area contributed by atoms with Gasteiger partial charge in [-0.3, -0.25) is 4.90 Å². The number of benzene rings is 2. The standard InChI is InChI=1S/C25H26N4O4/c1-16-21(24-27-23(28-33-24)18-7-4-3-5-8-18)22(17-10-12-19(31-2)13-11-17)26-25(30)29(16)15-20-9-6-14-32-20/h3-5,7-8,10-13,20,22H,6,9,14-15H2,1-2H3,(H,26,30). The topological polar surface area (TPSA) is 89.7 Å². The van der Waals surface area contributed by atoms with Crippen LogP contribution in [0.2, 0.25) is 0 Å². The van der Waals surface area contributed by atoms with Gasteiger partial charge in [0.1, 0.15) is 5.75 Å². The summed E-state index contributed by atoms with van der Waals surface area (Å²) in [6.07, 6.45) is 1.97. The molecule has 1 aromatic heterocycles. The quantitative estimate of drug-likeness (QED) is 0.603. The number of carbonyl (C=O) groups excluding carboxylic acids is 1. The molecule has 2 atom stereocenters. The summed E-state index contributed by atoms with van der Waals surface area (Å²) in [7, 11) is 1.62. The van der Waals surface area contributed by atoms with E-state index < -0.39 is 6.04 Å². The van der Waals surface area contributed by atoms with Gasteiger partial charge in [0.05, 0.1) is 31.4 Å². The van der Waals surface area contributed by atoms with Gasteiger partial charge in [-0.2, -0.15) is 4.98 Å². The molecule has 0 aliphatic carbocycles. The summed E-state index contributed by atoms with van der Waals surface area (Å²) in [5.41, 5.74) is 3.31. The van der Waals surface area contributed by atoms with E-state index in [1.807, 2.05) is 61.5 Å². The molecule has 0 bridgehead atoms. The van der Waals surface area contributed by atoms with E-state index >= 15 is 0 Å². The summed E-state index contributed by atoms with van der Waals surface area (Å²) in [5.74, 6) is 1.62. The third-order valence-electron chi connectivity index (χ3n) is 6.14. The maximum absolute atomic E-state index is 13.1. The summed E-state index contributed by atoms with van der Waals surface area (Å²) in [6, 6.07) is 16.7. The van der Waals surface area contributed by atoms with Crippen LogP contribution in [0.15, 0.2) is 64.8 Å². The van der Waals surface area contributed by atoms with E-state index in [2.05, 4.69) is 15.5 Å². The summed E-state index contributed by atoms with van der Waals surface area (Å²) < 4.78 is 16.8. The number of aromatic nitrogens is 2. The molecule has 2 amide bonds. The Morgan fingerprint density at radius 3 is 2.64 bits per heavy atom. The Bertz CT molecular complexity index is 1150. The highest BCUT2D eigenvalue weighted by Gasteiger charge is 2.37. The highest BCUT2D eigenvalue weighted by atomic mass is 16.5. The highest BCUT2D eigenvalue weighted by Crippen LogP contribution is 2.38. The number of rotatable bonds is 6. The minimum absolute atomic E-state index is 0.0204. The van der Waals surface area contributed by atoms with Crippen LogP contribution in [-0.2, 0) is 4.74 Å². The number of urea groups is 1. The zero-order valence-corrected chi connectivity index (χ0v) is 18.7. The molecule has 170 valence electrons. The van der Waals surface area contributed by atoms with Gasteiger partial charge in [0.25, 0.3) is 5.89 Å². The molecule has 8 heteroatoms. The average Bonchev–Trinajstić information content (AvgIpc) is 3.54. The molecule has 2 aliphatic rings. The normalized spacial score (nSPS) is 20.8. The van der Waals surface area contributed by atoms with Gasteiger partial charge in [0, 0.05) is 17.9 Å². The molecule has 0 saturated carbocycles. The fourth-order valence-electron chi connectivity index (χ4n) is 4.35. The molecular weight excluding hydrogens is 420 g/mol. The van der Waals surface area contributed by atoms with Gasteiger partial charge in [-0.15, -0.1) is 0 Å². The zero-order valence-electron chi connectivity index (χ0n) is 18.7. The average molecular weight is 447 g/mol. The molecule has 2 aromatic carbocycles. The monoisotopic (exact) mass is 446 g/mol. The summed E-state index contributed by atoms with van der Waals surface area (Å²) in [5, 5.41) is 7.33. The number of hydrogen-bond acceptors (Lipinski definition) is 6. The maximum Gasteiger partial charge on any atom is 0.322 e. The fraction of sp³-hybridized carbons (Fsp3) is 0.320. The molecule has 3 aromatic rings. The summed E-state index contributed by atoms with van der Waals surface area (Å²) in [6.45, 7) is 3.14. The van der Waals surface area contributed by atoms with E-state index in [1.54, 1.807) is 12.0 Å². The van der Waals surface area contributed by atoms with Gasteiger partial charge >= 0.3 is 6.03 Å². The number of allylic oxidation sites excluding steroid dienone is 1. The fourth-order valence-corrected chi connectivity index (χ4v) is 4.35. The Morgan fingerprint density at radius 2 is 1.94 bits per heavy atom. The molecule has 8 nitrogen and oxygen atoms in total. The predicted octanol–water partition coefficient (Wildman–Crippen LogP) is 4.42. The van der Waals surface area contributed by atoms with E-state index in [-0.39, 0.29) is 12.1 Å². The summed E-state index contributed by atoms with van der Waals surface area (Å²) >= 11 is 0. The Hall–Kier alpha value is -3.65. The second-order valence-electron chi connectivity index (χ2n) is 8.19. The van der Waals surface area contributed by atoms with Crippen molar-refractivity contribution in [2.24, 2.45) is 0 Å². The van der Waals surface area contributed by atoms with Gasteiger partial charge in [0.2, 0.25) is 5.82 Å². The Labute approximate surface area is 192 Å². The van der Waals surface area contributed by atoms with Crippen LogP contribution in [-0.4, -0.2) is 47.4 Å². The molecule has 5 rings (SSSR count). The molecule has 1 fully saturated rings. The van der Waals surface area contributed by atoms with Crippen LogP contribution in [0.1, 0.15) is 37.3 Å². The van der Waals surface area contributed by atoms with Crippen molar-refractivity contribution in [1.82, 2.24) is 20.4 Å². The second kappa shape index (κ2) is 9.07. The molecule has 2 aliphatic heterocycles. The zero-order chi connectivity index (χ0) is 22.8. The minimum atomic E-state index is -0.437. The third-order valence-corrected chi connectivity index (χ3v) is 6.14. The minimum Gasteiger partial charge on any atom is -0.497 e. The van der Waals surface area contributed by atoms with Crippen LogP contribution in [0.25, 0.3) is 17.0 Å². The largest absolute Gasteiger partial charge is 0.497 e. The highest BCUT2D eigenvalue weighted by molar-refractivity contribution is 5.87. The maximum atomic E-state index is 13.1. The second-order valence-corrected chi connectivity index (χ2v) is 8.19. The van der Waals surface area contributed by atoms with Crippen LogP contribution in [0.5, 0.6) is 5.75 Å². The van der Waals surface area contributed by atoms with Crippen molar-refractivity contribution < 1.29 is 18.8 Å². The number of hydrogen-bond donors (Lipinski definition) is 1. The van der Waals surface area contributed by atoms with Crippen LogP contribution in [0.3, 0.4) is 0 Å². The van der Waals surface area contributed by atoms with Gasteiger partial charge in [-0.05, 0) is 37.5 Å². The molecule has 2 unspecified atom stereocenters. The van der Waals surface area contributed by atoms with E-state index in [9.17, 15) is 4.79 Å². The van der Waals surface area contributed by atoms with Crippen molar-refractivity contribution in [3.05, 3.63) is 71.7 Å². The first-order valence-corrected chi connectivity index (χ1v) is 11.1. The lowest BCUT2D eigenvalue weighted by atomic mass is 9.94. The number of nitrogens with one attached hydrogen (secondary N) is 1. The molecule has 1 saturated heterocycles. The Kier molecular flexibility index (Phi) is 5.83. The number of methoxy groups -OCH3 is 1. The van der Waals surface area contributed by atoms with E-state index in [0.29, 0.717) is 18.3 Å². The lowest BCUT2D eigenvalue weighted by molar-refractivity contribution is 0.0877. The number of ether oxygens (including phenoxy) is 2. The molecule has 1 N–H and O–H groups in total. The van der Waals surface area contributed by atoms with Crippen molar-refractivity contribution in [3.63, 3.8) is 0 Å². The van der Waals surface area contributed by atoms with Crippen molar-refractivity contribution in [3.8, 4) is 17.1 Å². The smallest absolute Gasteiger partial charge is 0.322 e. The SMILES string of the molecule is COc1ccc(C2NC(=O)N(CC3CCCO3)C(C)=C2c2nc(-c3ccccc3)no2)cc1. The van der Waals surface area contributed by atoms with Crippen LogP contribution in [0, 0.1) is 0 Å².